The van der Waals surface area contributed by atoms with Gasteiger partial charge < -0.3 is 40.3 Å². The van der Waals surface area contributed by atoms with Gasteiger partial charge in [-0.1, -0.05) is 36.4 Å². The number of carbonyl (C=O) groups excluding carboxylic acids is 2. The fourth-order valence-corrected chi connectivity index (χ4v) is 6.53. The van der Waals surface area contributed by atoms with Crippen LogP contribution in [0, 0.1) is 12.8 Å². The second kappa shape index (κ2) is 15.0. The van der Waals surface area contributed by atoms with Gasteiger partial charge in [0.25, 0.3) is 0 Å². The molecule has 0 bridgehead atoms. The average molecular weight is 683 g/mol. The van der Waals surface area contributed by atoms with E-state index in [1.54, 1.807) is 6.07 Å². The number of likely N-dealkylation sites (tertiary alicyclic amines) is 1. The van der Waals surface area contributed by atoms with Crippen molar-refractivity contribution in [2.75, 3.05) is 56.1 Å². The number of alkyl halides is 3. The van der Waals surface area contributed by atoms with Crippen molar-refractivity contribution in [3.63, 3.8) is 0 Å². The number of ether oxygens (including phenoxy) is 2. The SMILES string of the molecule is Cc1ccc(NC(=O)N2CC[C@@H](CC(F)(F)F)C2)cc1-c1cc(C2CNCCO2)nc(N2C[C@@H](O)[C@H](NC(=O)OCc3ccccc3)C2)c1. The van der Waals surface area contributed by atoms with Crippen LogP contribution in [0.1, 0.15) is 35.8 Å². The Balaban J connectivity index is 1.19. The fraction of sp³-hybridized carbons (Fsp3) is 0.457. The van der Waals surface area contributed by atoms with Crippen LogP contribution in [-0.2, 0) is 16.1 Å². The Morgan fingerprint density at radius 2 is 1.92 bits per heavy atom. The molecule has 262 valence electrons. The van der Waals surface area contributed by atoms with Gasteiger partial charge in [0, 0.05) is 51.4 Å². The third kappa shape index (κ3) is 8.99. The normalized spacial score (nSPS) is 22.6. The molecule has 0 saturated carbocycles. The molecule has 4 N–H and O–H groups in total. The van der Waals surface area contributed by atoms with Crippen molar-refractivity contribution >= 4 is 23.6 Å². The highest BCUT2D eigenvalue weighted by Crippen LogP contribution is 2.34. The van der Waals surface area contributed by atoms with E-state index in [1.807, 2.05) is 66.4 Å². The number of benzene rings is 2. The van der Waals surface area contributed by atoms with Gasteiger partial charge in [-0.3, -0.25) is 0 Å². The Bertz CT molecular complexity index is 1620. The minimum absolute atomic E-state index is 0.0544. The summed E-state index contributed by atoms with van der Waals surface area (Å²) in [7, 11) is 0. The number of carbonyl (C=O) groups is 2. The van der Waals surface area contributed by atoms with Gasteiger partial charge in [-0.25, -0.2) is 14.6 Å². The zero-order valence-electron chi connectivity index (χ0n) is 27.2. The Morgan fingerprint density at radius 1 is 1.10 bits per heavy atom. The lowest BCUT2D eigenvalue weighted by molar-refractivity contribution is -0.143. The average Bonchev–Trinajstić information content (AvgIpc) is 3.70. The molecule has 1 aromatic heterocycles. The second-order valence-electron chi connectivity index (χ2n) is 12.9. The number of β-amino-alcohol motifs (C(OH)–C–C–N with tert-alkyl or cyclic N) is 1. The summed E-state index contributed by atoms with van der Waals surface area (Å²) in [6, 6.07) is 17.6. The smallest absolute Gasteiger partial charge is 0.407 e. The van der Waals surface area contributed by atoms with Crippen molar-refractivity contribution in [3.8, 4) is 11.1 Å². The number of alkyl carbamates (subject to hydrolysis) is 1. The summed E-state index contributed by atoms with van der Waals surface area (Å²) < 4.78 is 50.1. The number of hydrogen-bond donors (Lipinski definition) is 4. The zero-order valence-corrected chi connectivity index (χ0v) is 27.2. The lowest BCUT2D eigenvalue weighted by atomic mass is 9.98. The summed E-state index contributed by atoms with van der Waals surface area (Å²) in [6.07, 6.45) is -6.66. The quantitative estimate of drug-likeness (QED) is 0.262. The summed E-state index contributed by atoms with van der Waals surface area (Å²) in [5.41, 5.74) is 4.61. The Hall–Kier alpha value is -4.40. The molecule has 3 saturated heterocycles. The third-order valence-corrected chi connectivity index (χ3v) is 9.11. The molecule has 1 unspecified atom stereocenters. The van der Waals surface area contributed by atoms with Crippen LogP contribution in [0.2, 0.25) is 0 Å². The number of aromatic nitrogens is 1. The largest absolute Gasteiger partial charge is 0.445 e. The Morgan fingerprint density at radius 3 is 2.67 bits per heavy atom. The molecule has 49 heavy (non-hydrogen) atoms. The van der Waals surface area contributed by atoms with E-state index in [2.05, 4.69) is 16.0 Å². The van der Waals surface area contributed by atoms with Crippen molar-refractivity contribution < 1.29 is 37.3 Å². The molecule has 3 amide bonds. The molecule has 11 nitrogen and oxygen atoms in total. The Kier molecular flexibility index (Phi) is 10.6. The standard InChI is InChI=1S/C35H41F3N6O5/c1-22-7-8-26(40-33(46)43-11-9-24(18-43)16-35(36,37)38)15-27(22)25-13-28(31-17-39-10-12-48-31)41-32(14-25)44-19-29(30(45)20-44)42-34(47)49-21-23-5-3-2-4-6-23/h2-8,13-15,24,29-31,39,45H,9-12,16-21H2,1H3,(H,40,46)(H,42,47)/t24-,29+,30+,31?/m0/s1. The molecule has 3 aliphatic heterocycles. The third-order valence-electron chi connectivity index (χ3n) is 9.11. The number of urea groups is 1. The van der Waals surface area contributed by atoms with Gasteiger partial charge in [0.2, 0.25) is 0 Å². The summed E-state index contributed by atoms with van der Waals surface area (Å²) in [6.45, 7) is 4.70. The van der Waals surface area contributed by atoms with Gasteiger partial charge in [0.15, 0.2) is 0 Å². The van der Waals surface area contributed by atoms with Crippen LogP contribution in [-0.4, -0.2) is 91.3 Å². The molecule has 0 aliphatic carbocycles. The lowest BCUT2D eigenvalue weighted by Crippen LogP contribution is -2.43. The molecular formula is C35H41F3N6O5. The highest BCUT2D eigenvalue weighted by atomic mass is 19.4. The number of morpholine rings is 1. The number of nitrogens with zero attached hydrogens (tertiary/aromatic N) is 3. The first-order valence-electron chi connectivity index (χ1n) is 16.5. The van der Waals surface area contributed by atoms with Crippen LogP contribution in [0.4, 0.5) is 34.3 Å². The molecule has 2 aromatic carbocycles. The van der Waals surface area contributed by atoms with E-state index in [4.69, 9.17) is 14.5 Å². The number of halogens is 3. The predicted octanol–water partition coefficient (Wildman–Crippen LogP) is 5.00. The number of anilines is 2. The van der Waals surface area contributed by atoms with E-state index in [9.17, 15) is 27.9 Å². The molecule has 4 atom stereocenters. The van der Waals surface area contributed by atoms with Crippen LogP contribution in [0.15, 0.2) is 60.7 Å². The van der Waals surface area contributed by atoms with Crippen molar-refractivity contribution in [1.82, 2.24) is 20.5 Å². The van der Waals surface area contributed by atoms with Crippen molar-refractivity contribution in [2.45, 2.75) is 50.8 Å². The van der Waals surface area contributed by atoms with E-state index in [1.165, 1.54) is 4.90 Å². The van der Waals surface area contributed by atoms with Crippen LogP contribution < -0.4 is 20.9 Å². The molecule has 4 heterocycles. The lowest BCUT2D eigenvalue weighted by Gasteiger charge is -2.26. The van der Waals surface area contributed by atoms with Gasteiger partial charge in [-0.05, 0) is 65.8 Å². The van der Waals surface area contributed by atoms with E-state index in [0.29, 0.717) is 43.3 Å². The van der Waals surface area contributed by atoms with Crippen LogP contribution in [0.25, 0.3) is 11.1 Å². The van der Waals surface area contributed by atoms with Crippen molar-refractivity contribution in [3.05, 3.63) is 77.5 Å². The number of amides is 3. The topological polar surface area (TPSA) is 128 Å². The van der Waals surface area contributed by atoms with E-state index >= 15 is 0 Å². The summed E-state index contributed by atoms with van der Waals surface area (Å²) in [5.74, 6) is -0.0207. The molecule has 0 radical (unpaired) electrons. The Labute approximate surface area is 282 Å². The van der Waals surface area contributed by atoms with Crippen LogP contribution >= 0.6 is 0 Å². The number of aliphatic hydroxyl groups excluding tert-OH is 1. The highest BCUT2D eigenvalue weighted by molar-refractivity contribution is 5.90. The first kappa shape index (κ1) is 34.5. The molecule has 14 heteroatoms. The summed E-state index contributed by atoms with van der Waals surface area (Å²) >= 11 is 0. The summed E-state index contributed by atoms with van der Waals surface area (Å²) in [5, 5.41) is 19.9. The van der Waals surface area contributed by atoms with Gasteiger partial charge in [0.1, 0.15) is 18.5 Å². The minimum atomic E-state index is -4.26. The number of pyridine rings is 1. The molecule has 6 rings (SSSR count). The van der Waals surface area contributed by atoms with E-state index in [0.717, 1.165) is 28.8 Å². The van der Waals surface area contributed by atoms with Gasteiger partial charge in [0.05, 0.1) is 24.4 Å². The van der Waals surface area contributed by atoms with Crippen molar-refractivity contribution in [2.24, 2.45) is 5.92 Å². The van der Waals surface area contributed by atoms with Crippen LogP contribution in [0.3, 0.4) is 0 Å². The zero-order chi connectivity index (χ0) is 34.5. The molecule has 0 spiro atoms. The second-order valence-corrected chi connectivity index (χ2v) is 12.9. The first-order chi connectivity index (χ1) is 23.5. The predicted molar refractivity (Wildman–Crippen MR) is 177 cm³/mol. The molecular weight excluding hydrogens is 641 g/mol. The first-order valence-corrected chi connectivity index (χ1v) is 16.5. The van der Waals surface area contributed by atoms with Crippen molar-refractivity contribution in [1.29, 1.82) is 0 Å². The molecule has 3 fully saturated rings. The number of aliphatic hydroxyl groups is 1. The minimum Gasteiger partial charge on any atom is -0.445 e. The van der Waals surface area contributed by atoms with E-state index in [-0.39, 0.29) is 32.3 Å². The number of rotatable bonds is 8. The maximum atomic E-state index is 13.0. The number of aryl methyl sites for hydroxylation is 1. The van der Waals surface area contributed by atoms with Gasteiger partial charge >= 0.3 is 18.3 Å². The maximum Gasteiger partial charge on any atom is 0.407 e. The van der Waals surface area contributed by atoms with Gasteiger partial charge in [-0.2, -0.15) is 13.2 Å². The molecule has 3 aromatic rings. The maximum absolute atomic E-state index is 13.0. The van der Waals surface area contributed by atoms with Crippen LogP contribution in [0.5, 0.6) is 0 Å². The fourth-order valence-electron chi connectivity index (χ4n) is 6.53. The molecule has 3 aliphatic rings. The highest BCUT2D eigenvalue weighted by Gasteiger charge is 2.37. The van der Waals surface area contributed by atoms with E-state index < -0.39 is 42.8 Å². The number of nitrogens with one attached hydrogen (secondary N) is 3. The monoisotopic (exact) mass is 682 g/mol. The van der Waals surface area contributed by atoms with Gasteiger partial charge in [-0.15, -0.1) is 0 Å². The number of hydrogen-bond acceptors (Lipinski definition) is 8. The summed E-state index contributed by atoms with van der Waals surface area (Å²) in [4.78, 5) is 33.9.